The number of hydrogen-bond donors (Lipinski definition) is 0. The van der Waals surface area contributed by atoms with E-state index in [4.69, 9.17) is 0 Å². The van der Waals surface area contributed by atoms with Crippen molar-refractivity contribution in [1.82, 2.24) is 0 Å². The van der Waals surface area contributed by atoms with Crippen molar-refractivity contribution in [2.75, 3.05) is 0 Å². The molecule has 102 valence electrons. The molecule has 2 aliphatic carbocycles. The SMILES string of the molecule is CC.CC1C2=C(CCCC2(C)C)CCC1(C)C#N. The smallest absolute Gasteiger partial charge is 0.0693 e. The maximum absolute atomic E-state index is 9.41. The molecule has 1 nitrogen and oxygen atoms in total. The van der Waals surface area contributed by atoms with Crippen LogP contribution < -0.4 is 0 Å². The summed E-state index contributed by atoms with van der Waals surface area (Å²) in [6, 6.07) is 2.57. The molecule has 0 saturated heterocycles. The topological polar surface area (TPSA) is 23.8 Å². The standard InChI is InChI=1S/C15H23N.C2H6/c1-11-13-12(6-5-8-14(13,2)3)7-9-15(11,4)10-16;1-2/h11H,5-9H2,1-4H3;1-2H3. The van der Waals surface area contributed by atoms with Gasteiger partial charge in [-0.25, -0.2) is 0 Å². The van der Waals surface area contributed by atoms with E-state index in [0.717, 1.165) is 12.8 Å². The molecule has 2 atom stereocenters. The third kappa shape index (κ3) is 2.48. The summed E-state index contributed by atoms with van der Waals surface area (Å²) in [5, 5.41) is 9.41. The zero-order valence-electron chi connectivity index (χ0n) is 13.1. The molecule has 0 aromatic heterocycles. The van der Waals surface area contributed by atoms with Gasteiger partial charge in [0.05, 0.1) is 11.5 Å². The van der Waals surface area contributed by atoms with Crippen LogP contribution in [0.2, 0.25) is 0 Å². The van der Waals surface area contributed by atoms with Crippen LogP contribution in [-0.2, 0) is 0 Å². The normalized spacial score (nSPS) is 33.9. The molecule has 2 aliphatic rings. The highest BCUT2D eigenvalue weighted by molar-refractivity contribution is 5.32. The first-order chi connectivity index (χ1) is 8.41. The molecular weight excluding hydrogens is 218 g/mol. The van der Waals surface area contributed by atoms with Gasteiger partial charge in [-0.2, -0.15) is 5.26 Å². The quantitative estimate of drug-likeness (QED) is 0.520. The predicted molar refractivity (Wildman–Crippen MR) is 78.1 cm³/mol. The molecule has 0 spiro atoms. The molecule has 0 aromatic carbocycles. The van der Waals surface area contributed by atoms with Gasteiger partial charge in [0.15, 0.2) is 0 Å². The molecule has 2 rings (SSSR count). The monoisotopic (exact) mass is 247 g/mol. The second-order valence-electron chi connectivity index (χ2n) is 6.51. The molecule has 0 bridgehead atoms. The van der Waals surface area contributed by atoms with Gasteiger partial charge in [-0.15, -0.1) is 0 Å². The maximum Gasteiger partial charge on any atom is 0.0693 e. The molecule has 18 heavy (non-hydrogen) atoms. The van der Waals surface area contributed by atoms with Gasteiger partial charge in [-0.05, 0) is 50.4 Å². The third-order valence-electron chi connectivity index (χ3n) is 4.98. The average molecular weight is 247 g/mol. The van der Waals surface area contributed by atoms with Crippen LogP contribution in [0, 0.1) is 28.1 Å². The van der Waals surface area contributed by atoms with Gasteiger partial charge in [0.25, 0.3) is 0 Å². The molecule has 2 unspecified atom stereocenters. The lowest BCUT2D eigenvalue weighted by atomic mass is 9.57. The van der Waals surface area contributed by atoms with Crippen LogP contribution in [0.4, 0.5) is 0 Å². The molecule has 0 fully saturated rings. The summed E-state index contributed by atoms with van der Waals surface area (Å²) >= 11 is 0. The van der Waals surface area contributed by atoms with Crippen molar-refractivity contribution in [2.24, 2.45) is 16.7 Å². The van der Waals surface area contributed by atoms with Crippen molar-refractivity contribution in [3.05, 3.63) is 11.1 Å². The van der Waals surface area contributed by atoms with Gasteiger partial charge in [-0.3, -0.25) is 0 Å². The van der Waals surface area contributed by atoms with Crippen molar-refractivity contribution in [3.8, 4) is 6.07 Å². The summed E-state index contributed by atoms with van der Waals surface area (Å²) < 4.78 is 0. The Morgan fingerprint density at radius 3 is 2.28 bits per heavy atom. The second-order valence-corrected chi connectivity index (χ2v) is 6.51. The maximum atomic E-state index is 9.41. The molecule has 1 heteroatoms. The predicted octanol–water partition coefficient (Wildman–Crippen LogP) is 5.48. The minimum atomic E-state index is -0.132. The van der Waals surface area contributed by atoms with Gasteiger partial charge >= 0.3 is 0 Å². The van der Waals surface area contributed by atoms with Gasteiger partial charge in [-0.1, -0.05) is 45.8 Å². The van der Waals surface area contributed by atoms with Crippen molar-refractivity contribution in [2.45, 2.75) is 73.6 Å². The lowest BCUT2D eigenvalue weighted by Crippen LogP contribution is -2.37. The molecule has 0 amide bonds. The minimum Gasteiger partial charge on any atom is -0.198 e. The zero-order valence-corrected chi connectivity index (χ0v) is 13.1. The van der Waals surface area contributed by atoms with Gasteiger partial charge in [0.2, 0.25) is 0 Å². The summed E-state index contributed by atoms with van der Waals surface area (Å²) in [7, 11) is 0. The van der Waals surface area contributed by atoms with Crippen LogP contribution in [0.3, 0.4) is 0 Å². The van der Waals surface area contributed by atoms with Crippen molar-refractivity contribution in [1.29, 1.82) is 5.26 Å². The van der Waals surface area contributed by atoms with Crippen LogP contribution in [0.5, 0.6) is 0 Å². The van der Waals surface area contributed by atoms with Crippen molar-refractivity contribution >= 4 is 0 Å². The molecule has 0 N–H and O–H groups in total. The van der Waals surface area contributed by atoms with Gasteiger partial charge in [0.1, 0.15) is 0 Å². The first kappa shape index (κ1) is 15.3. The lowest BCUT2D eigenvalue weighted by Gasteiger charge is -2.46. The molecule has 0 radical (unpaired) electrons. The Labute approximate surface area is 113 Å². The van der Waals surface area contributed by atoms with Crippen LogP contribution in [0.25, 0.3) is 0 Å². The highest BCUT2D eigenvalue weighted by Gasteiger charge is 2.44. The number of nitrogens with zero attached hydrogens (tertiary/aromatic N) is 1. The average Bonchev–Trinajstić information content (AvgIpc) is 2.35. The van der Waals surface area contributed by atoms with Crippen molar-refractivity contribution in [3.63, 3.8) is 0 Å². The van der Waals surface area contributed by atoms with E-state index in [2.05, 4.69) is 33.8 Å². The first-order valence-electron chi connectivity index (χ1n) is 7.54. The third-order valence-corrected chi connectivity index (χ3v) is 4.98. The van der Waals surface area contributed by atoms with Gasteiger partial charge in [0, 0.05) is 0 Å². The molecule has 0 aliphatic heterocycles. The van der Waals surface area contributed by atoms with E-state index in [-0.39, 0.29) is 5.41 Å². The summed E-state index contributed by atoms with van der Waals surface area (Å²) in [6.07, 6.45) is 6.12. The van der Waals surface area contributed by atoms with Crippen LogP contribution in [-0.4, -0.2) is 0 Å². The number of hydrogen-bond acceptors (Lipinski definition) is 1. The fraction of sp³-hybridized carbons (Fsp3) is 0.824. The van der Waals surface area contributed by atoms with Crippen LogP contribution >= 0.6 is 0 Å². The highest BCUT2D eigenvalue weighted by atomic mass is 14.5. The molecule has 0 aromatic rings. The Kier molecular flexibility index (Phi) is 4.65. The second kappa shape index (κ2) is 5.47. The Balaban J connectivity index is 0.000000771. The summed E-state index contributed by atoms with van der Waals surface area (Å²) in [5.74, 6) is 0.441. The fourth-order valence-corrected chi connectivity index (χ4v) is 3.74. The van der Waals surface area contributed by atoms with Crippen LogP contribution in [0.1, 0.15) is 73.6 Å². The summed E-state index contributed by atoms with van der Waals surface area (Å²) in [5.41, 5.74) is 3.49. The van der Waals surface area contributed by atoms with E-state index in [9.17, 15) is 5.26 Å². The largest absolute Gasteiger partial charge is 0.198 e. The van der Waals surface area contributed by atoms with E-state index < -0.39 is 0 Å². The minimum absolute atomic E-state index is 0.132. The van der Waals surface area contributed by atoms with E-state index >= 15 is 0 Å². The summed E-state index contributed by atoms with van der Waals surface area (Å²) in [4.78, 5) is 0. The first-order valence-corrected chi connectivity index (χ1v) is 7.54. The van der Waals surface area contributed by atoms with E-state index in [0.29, 0.717) is 11.3 Å². The molecule has 0 heterocycles. The van der Waals surface area contributed by atoms with Crippen LogP contribution in [0.15, 0.2) is 11.1 Å². The molecular formula is C17H29N. The number of rotatable bonds is 0. The lowest BCUT2D eigenvalue weighted by molar-refractivity contribution is 0.209. The Morgan fingerprint density at radius 2 is 1.72 bits per heavy atom. The Morgan fingerprint density at radius 1 is 1.11 bits per heavy atom. The number of nitriles is 1. The fourth-order valence-electron chi connectivity index (χ4n) is 3.74. The zero-order chi connectivity index (χ0) is 14.0. The van der Waals surface area contributed by atoms with E-state index in [1.165, 1.54) is 19.3 Å². The van der Waals surface area contributed by atoms with Crippen molar-refractivity contribution < 1.29 is 0 Å². The number of allylic oxidation sites excluding steroid dienone is 2. The Hall–Kier alpha value is -0.770. The Bertz CT molecular complexity index is 370. The molecule has 0 saturated carbocycles. The summed E-state index contributed by atoms with van der Waals surface area (Å²) in [6.45, 7) is 13.1. The highest BCUT2D eigenvalue weighted by Crippen LogP contribution is 2.54. The van der Waals surface area contributed by atoms with E-state index in [1.54, 1.807) is 11.1 Å². The van der Waals surface area contributed by atoms with Gasteiger partial charge < -0.3 is 0 Å². The van der Waals surface area contributed by atoms with E-state index in [1.807, 2.05) is 13.8 Å².